The smallest absolute Gasteiger partial charge is 0.270 e. The van der Waals surface area contributed by atoms with Gasteiger partial charge in [0.25, 0.3) is 5.91 Å². The first-order chi connectivity index (χ1) is 12.8. The van der Waals surface area contributed by atoms with E-state index in [2.05, 4.69) is 15.6 Å². The van der Waals surface area contributed by atoms with Crippen LogP contribution in [0.25, 0.3) is 0 Å². The van der Waals surface area contributed by atoms with Gasteiger partial charge in [-0.25, -0.2) is 4.39 Å². The second kappa shape index (κ2) is 7.52. The molecule has 0 aliphatic heterocycles. The molecule has 1 aliphatic rings. The van der Waals surface area contributed by atoms with Crippen molar-refractivity contribution in [3.63, 3.8) is 0 Å². The van der Waals surface area contributed by atoms with Gasteiger partial charge < -0.3 is 15.7 Å². The van der Waals surface area contributed by atoms with Crippen LogP contribution in [0.15, 0.2) is 30.5 Å². The largest absolute Gasteiger partial charge is 0.508 e. The van der Waals surface area contributed by atoms with Crippen LogP contribution in [0.5, 0.6) is 5.75 Å². The maximum absolute atomic E-state index is 13.3. The lowest BCUT2D eigenvalue weighted by Gasteiger charge is -2.39. The lowest BCUT2D eigenvalue weighted by Crippen LogP contribution is -2.51. The fourth-order valence-electron chi connectivity index (χ4n) is 2.90. The highest BCUT2D eigenvalue weighted by Gasteiger charge is 2.33. The summed E-state index contributed by atoms with van der Waals surface area (Å²) in [5.41, 5.74) is 0.598. The number of pyridine rings is 1. The van der Waals surface area contributed by atoms with Gasteiger partial charge in [0.2, 0.25) is 5.91 Å². The Bertz CT molecular complexity index is 900. The number of benzene rings is 1. The highest BCUT2D eigenvalue weighted by Crippen LogP contribution is 2.31. The molecule has 3 N–H and O–H groups in total. The SMILES string of the molecule is CC1(NC(=O)c2cc(NC(=O)Cc3cc(Cl)c(F)cc3O)ccn2)CCC1. The molecule has 2 aromatic rings. The Labute approximate surface area is 160 Å². The molecular weight excluding hydrogens is 373 g/mol. The van der Waals surface area contributed by atoms with Crippen LogP contribution in [-0.2, 0) is 11.2 Å². The van der Waals surface area contributed by atoms with Gasteiger partial charge >= 0.3 is 0 Å². The number of aromatic hydroxyl groups is 1. The summed E-state index contributed by atoms with van der Waals surface area (Å²) in [6.07, 6.45) is 4.17. The molecule has 0 radical (unpaired) electrons. The van der Waals surface area contributed by atoms with Crippen molar-refractivity contribution in [2.75, 3.05) is 5.32 Å². The van der Waals surface area contributed by atoms with E-state index in [0.717, 1.165) is 25.3 Å². The number of carbonyl (C=O) groups is 2. The van der Waals surface area contributed by atoms with Crippen LogP contribution in [0.4, 0.5) is 10.1 Å². The van der Waals surface area contributed by atoms with Gasteiger partial charge in [-0.05, 0) is 44.4 Å². The van der Waals surface area contributed by atoms with Crippen LogP contribution in [0.1, 0.15) is 42.2 Å². The van der Waals surface area contributed by atoms with Crippen molar-refractivity contribution in [3.05, 3.63) is 52.6 Å². The predicted octanol–water partition coefficient (Wildman–Crippen LogP) is 3.43. The minimum atomic E-state index is -0.761. The van der Waals surface area contributed by atoms with Crippen molar-refractivity contribution < 1.29 is 19.1 Å². The number of rotatable bonds is 5. The third-order valence-electron chi connectivity index (χ3n) is 4.62. The van der Waals surface area contributed by atoms with Gasteiger partial charge in [-0.15, -0.1) is 0 Å². The molecule has 0 unspecified atom stereocenters. The van der Waals surface area contributed by atoms with Crippen LogP contribution in [0.3, 0.4) is 0 Å². The highest BCUT2D eigenvalue weighted by atomic mass is 35.5. The van der Waals surface area contributed by atoms with E-state index in [1.54, 1.807) is 6.07 Å². The van der Waals surface area contributed by atoms with Crippen LogP contribution >= 0.6 is 11.6 Å². The summed E-state index contributed by atoms with van der Waals surface area (Å²) in [5, 5.41) is 15.1. The highest BCUT2D eigenvalue weighted by molar-refractivity contribution is 6.30. The van der Waals surface area contributed by atoms with Gasteiger partial charge in [0, 0.05) is 29.1 Å². The van der Waals surface area contributed by atoms with E-state index < -0.39 is 11.7 Å². The number of aromatic nitrogens is 1. The summed E-state index contributed by atoms with van der Waals surface area (Å²) in [4.78, 5) is 28.6. The standard InChI is InChI=1S/C19H19ClFN3O3/c1-19(4-2-5-19)24-18(27)15-9-12(3-6-22-15)23-17(26)8-11-7-13(20)14(21)10-16(11)25/h3,6-7,9-10,25H,2,4-5,8H2,1H3,(H,24,27)(H,22,23,26). The van der Waals surface area contributed by atoms with E-state index in [9.17, 15) is 19.1 Å². The number of phenolic OH excluding ortho intramolecular Hbond substituents is 1. The molecule has 0 bridgehead atoms. The number of nitrogens with one attached hydrogen (secondary N) is 2. The van der Waals surface area contributed by atoms with Gasteiger partial charge in [-0.2, -0.15) is 0 Å². The van der Waals surface area contributed by atoms with Crippen molar-refractivity contribution in [2.24, 2.45) is 0 Å². The Balaban J connectivity index is 1.66. The lowest BCUT2D eigenvalue weighted by molar-refractivity contribution is -0.115. The van der Waals surface area contributed by atoms with E-state index in [-0.39, 0.29) is 39.9 Å². The summed E-state index contributed by atoms with van der Waals surface area (Å²) in [7, 11) is 0. The van der Waals surface area contributed by atoms with E-state index in [1.165, 1.54) is 18.3 Å². The third-order valence-corrected chi connectivity index (χ3v) is 4.91. The topological polar surface area (TPSA) is 91.3 Å². The summed E-state index contributed by atoms with van der Waals surface area (Å²) in [5.74, 6) is -1.85. The Morgan fingerprint density at radius 1 is 1.33 bits per heavy atom. The Morgan fingerprint density at radius 2 is 2.07 bits per heavy atom. The zero-order valence-electron chi connectivity index (χ0n) is 14.7. The maximum atomic E-state index is 13.3. The van der Waals surface area contributed by atoms with Crippen LogP contribution < -0.4 is 10.6 Å². The van der Waals surface area contributed by atoms with Crippen molar-refractivity contribution in [3.8, 4) is 5.75 Å². The first kappa shape index (κ1) is 19.1. The second-order valence-electron chi connectivity index (χ2n) is 6.92. The number of hydrogen-bond donors (Lipinski definition) is 3. The van der Waals surface area contributed by atoms with Crippen molar-refractivity contribution in [2.45, 2.75) is 38.1 Å². The second-order valence-corrected chi connectivity index (χ2v) is 7.33. The average Bonchev–Trinajstić information content (AvgIpc) is 2.58. The number of halogens is 2. The molecule has 1 fully saturated rings. The van der Waals surface area contributed by atoms with Gasteiger partial charge in [0.1, 0.15) is 17.3 Å². The fraction of sp³-hybridized carbons (Fsp3) is 0.316. The van der Waals surface area contributed by atoms with Gasteiger partial charge in [-0.1, -0.05) is 11.6 Å². The van der Waals surface area contributed by atoms with Crippen molar-refractivity contribution in [1.29, 1.82) is 0 Å². The normalized spacial score (nSPS) is 14.9. The Hall–Kier alpha value is -2.67. The maximum Gasteiger partial charge on any atom is 0.270 e. The summed E-state index contributed by atoms with van der Waals surface area (Å²) in [6.45, 7) is 1.99. The van der Waals surface area contributed by atoms with E-state index in [1.807, 2.05) is 6.92 Å². The summed E-state index contributed by atoms with van der Waals surface area (Å²) < 4.78 is 13.3. The first-order valence-corrected chi connectivity index (χ1v) is 8.89. The van der Waals surface area contributed by atoms with Gasteiger partial charge in [0.15, 0.2) is 0 Å². The number of nitrogens with zero attached hydrogens (tertiary/aromatic N) is 1. The molecular formula is C19H19ClFN3O3. The quantitative estimate of drug-likeness (QED) is 0.728. The molecule has 1 aliphatic carbocycles. The zero-order valence-corrected chi connectivity index (χ0v) is 15.4. The Kier molecular flexibility index (Phi) is 5.32. The number of phenols is 1. The minimum absolute atomic E-state index is 0.178. The molecule has 27 heavy (non-hydrogen) atoms. The van der Waals surface area contributed by atoms with E-state index in [4.69, 9.17) is 11.6 Å². The molecule has 1 aromatic heterocycles. The van der Waals surface area contributed by atoms with E-state index in [0.29, 0.717) is 5.69 Å². The van der Waals surface area contributed by atoms with Crippen molar-refractivity contribution >= 4 is 29.1 Å². The molecule has 2 amide bonds. The molecule has 6 nitrogen and oxygen atoms in total. The molecule has 1 heterocycles. The summed E-state index contributed by atoms with van der Waals surface area (Å²) >= 11 is 5.68. The number of amides is 2. The zero-order chi connectivity index (χ0) is 19.6. The number of carbonyl (C=O) groups excluding carboxylic acids is 2. The molecule has 1 saturated carbocycles. The Morgan fingerprint density at radius 3 is 2.74 bits per heavy atom. The summed E-state index contributed by atoms with van der Waals surface area (Å²) in [6, 6.07) is 5.10. The fourth-order valence-corrected chi connectivity index (χ4v) is 3.09. The first-order valence-electron chi connectivity index (χ1n) is 8.51. The van der Waals surface area contributed by atoms with Gasteiger partial charge in [0.05, 0.1) is 11.4 Å². The average molecular weight is 392 g/mol. The van der Waals surface area contributed by atoms with Gasteiger partial charge in [-0.3, -0.25) is 14.6 Å². The molecule has 1 aromatic carbocycles. The van der Waals surface area contributed by atoms with E-state index >= 15 is 0 Å². The lowest BCUT2D eigenvalue weighted by atomic mass is 9.78. The number of hydrogen-bond acceptors (Lipinski definition) is 4. The molecule has 142 valence electrons. The molecule has 0 atom stereocenters. The van der Waals surface area contributed by atoms with Crippen LogP contribution in [0.2, 0.25) is 5.02 Å². The van der Waals surface area contributed by atoms with Crippen LogP contribution in [-0.4, -0.2) is 27.4 Å². The molecule has 3 rings (SSSR count). The number of anilines is 1. The van der Waals surface area contributed by atoms with Crippen molar-refractivity contribution in [1.82, 2.24) is 10.3 Å². The monoisotopic (exact) mass is 391 g/mol. The predicted molar refractivity (Wildman–Crippen MR) is 99.4 cm³/mol. The molecule has 0 saturated heterocycles. The van der Waals surface area contributed by atoms with Crippen LogP contribution in [0, 0.1) is 5.82 Å². The molecule has 0 spiro atoms. The minimum Gasteiger partial charge on any atom is -0.508 e. The third kappa shape index (κ3) is 4.54. The molecule has 8 heteroatoms.